The largest absolute Gasteiger partial charge is 0.444 e. The van der Waals surface area contributed by atoms with E-state index in [9.17, 15) is 9.59 Å². The fourth-order valence-corrected chi connectivity index (χ4v) is 4.99. The van der Waals surface area contributed by atoms with E-state index >= 15 is 0 Å². The fraction of sp³-hybridized carbons (Fsp3) is 0.394. The molecule has 0 heterocycles. The highest BCUT2D eigenvalue weighted by atomic mass is 16.6. The molecule has 212 valence electrons. The van der Waals surface area contributed by atoms with Gasteiger partial charge in [0.25, 0.3) is 0 Å². The summed E-state index contributed by atoms with van der Waals surface area (Å²) in [6.45, 7) is 6.31. The van der Waals surface area contributed by atoms with Gasteiger partial charge in [0.1, 0.15) is 24.1 Å². The van der Waals surface area contributed by atoms with Gasteiger partial charge in [0, 0.05) is 7.05 Å². The Balaban J connectivity index is 1.67. The van der Waals surface area contributed by atoms with Crippen molar-refractivity contribution in [1.82, 2.24) is 4.90 Å². The second kappa shape index (κ2) is 13.7. The molecule has 7 heteroatoms. The van der Waals surface area contributed by atoms with E-state index in [0.717, 1.165) is 23.0 Å². The highest BCUT2D eigenvalue weighted by Gasteiger charge is 2.56. The number of ether oxygens (including phenoxy) is 4. The lowest BCUT2D eigenvalue weighted by Gasteiger charge is -2.34. The van der Waals surface area contributed by atoms with Crippen molar-refractivity contribution < 1.29 is 28.5 Å². The predicted molar refractivity (Wildman–Crippen MR) is 152 cm³/mol. The summed E-state index contributed by atoms with van der Waals surface area (Å²) in [4.78, 5) is 27.4. The summed E-state index contributed by atoms with van der Waals surface area (Å²) in [6, 6.07) is 28.7. The van der Waals surface area contributed by atoms with Crippen LogP contribution < -0.4 is 0 Å². The predicted octanol–water partition coefficient (Wildman–Crippen LogP) is 5.81. The van der Waals surface area contributed by atoms with Crippen molar-refractivity contribution in [2.24, 2.45) is 5.92 Å². The van der Waals surface area contributed by atoms with Crippen LogP contribution in [0.5, 0.6) is 0 Å². The molecule has 1 aliphatic carbocycles. The molecule has 0 unspecified atom stereocenters. The van der Waals surface area contributed by atoms with E-state index < -0.39 is 42.0 Å². The van der Waals surface area contributed by atoms with Gasteiger partial charge in [0.15, 0.2) is 0 Å². The molecule has 0 aromatic heterocycles. The molecule has 1 fully saturated rings. The third-order valence-corrected chi connectivity index (χ3v) is 6.90. The zero-order valence-electron chi connectivity index (χ0n) is 23.6. The Kier molecular flexibility index (Phi) is 10.1. The Bertz CT molecular complexity index is 1200. The first-order chi connectivity index (χ1) is 19.3. The van der Waals surface area contributed by atoms with Gasteiger partial charge in [-0.2, -0.15) is 0 Å². The minimum absolute atomic E-state index is 0.284. The Hall–Kier alpha value is -3.52. The summed E-state index contributed by atoms with van der Waals surface area (Å²) in [5.41, 5.74) is 2.23. The summed E-state index contributed by atoms with van der Waals surface area (Å²) < 4.78 is 25.1. The molecular weight excluding hydrogens is 506 g/mol. The van der Waals surface area contributed by atoms with E-state index in [2.05, 4.69) is 0 Å². The number of carbonyl (C=O) groups is 2. The SMILES string of the molecule is CN(C(=O)OC(C)(C)C)[C@H]1[C@@H](C=O)[C@@H](OCc2ccccc2)[C@H](OCc2ccccc2)[C@@H]1OCc1ccccc1. The molecule has 3 aromatic carbocycles. The first-order valence-corrected chi connectivity index (χ1v) is 13.6. The number of likely N-dealkylation sites (N-methyl/N-ethyl adjacent to an activating group) is 1. The van der Waals surface area contributed by atoms with Crippen LogP contribution in [0.1, 0.15) is 37.5 Å². The molecule has 1 amide bonds. The number of benzene rings is 3. The van der Waals surface area contributed by atoms with Crippen molar-refractivity contribution in [3.63, 3.8) is 0 Å². The Labute approximate surface area is 237 Å². The van der Waals surface area contributed by atoms with Crippen LogP contribution in [0.3, 0.4) is 0 Å². The maximum Gasteiger partial charge on any atom is 0.410 e. The van der Waals surface area contributed by atoms with Gasteiger partial charge in [-0.15, -0.1) is 0 Å². The number of amides is 1. The average molecular weight is 546 g/mol. The second-order valence-electron chi connectivity index (χ2n) is 11.1. The van der Waals surface area contributed by atoms with Gasteiger partial charge in [-0.1, -0.05) is 91.0 Å². The number of carbonyl (C=O) groups excluding carboxylic acids is 2. The minimum atomic E-state index is -0.706. The Morgan fingerprint density at radius 1 is 0.700 bits per heavy atom. The molecule has 7 nitrogen and oxygen atoms in total. The Morgan fingerprint density at radius 2 is 1.10 bits per heavy atom. The number of hydrogen-bond donors (Lipinski definition) is 0. The lowest BCUT2D eigenvalue weighted by atomic mass is 10.0. The van der Waals surface area contributed by atoms with Crippen LogP contribution in [0.25, 0.3) is 0 Å². The molecule has 1 saturated carbocycles. The molecule has 0 spiro atoms. The molecule has 0 saturated heterocycles. The van der Waals surface area contributed by atoms with Crippen LogP contribution in [0.2, 0.25) is 0 Å². The fourth-order valence-electron chi connectivity index (χ4n) is 4.99. The molecule has 3 aromatic rings. The molecule has 5 atom stereocenters. The number of hydrogen-bond acceptors (Lipinski definition) is 6. The summed E-state index contributed by atoms with van der Waals surface area (Å²) in [7, 11) is 1.64. The molecule has 4 rings (SSSR count). The summed E-state index contributed by atoms with van der Waals surface area (Å²) in [6.07, 6.45) is -1.62. The smallest absolute Gasteiger partial charge is 0.410 e. The summed E-state index contributed by atoms with van der Waals surface area (Å²) in [5, 5.41) is 0. The lowest BCUT2D eigenvalue weighted by molar-refractivity contribution is -0.134. The minimum Gasteiger partial charge on any atom is -0.444 e. The Morgan fingerprint density at radius 3 is 1.50 bits per heavy atom. The van der Waals surface area contributed by atoms with Gasteiger partial charge in [0.2, 0.25) is 0 Å². The maximum atomic E-state index is 13.2. The lowest BCUT2D eigenvalue weighted by Crippen LogP contribution is -2.50. The molecule has 0 aliphatic heterocycles. The number of nitrogens with zero attached hydrogens (tertiary/aromatic N) is 1. The van der Waals surface area contributed by atoms with Crippen molar-refractivity contribution in [2.75, 3.05) is 7.05 Å². The topological polar surface area (TPSA) is 74.3 Å². The van der Waals surface area contributed by atoms with Crippen molar-refractivity contribution in [3.8, 4) is 0 Å². The van der Waals surface area contributed by atoms with E-state index in [-0.39, 0.29) is 13.2 Å². The van der Waals surface area contributed by atoms with Gasteiger partial charge in [0.05, 0.1) is 37.9 Å². The molecule has 0 radical (unpaired) electrons. The summed E-state index contributed by atoms with van der Waals surface area (Å²) >= 11 is 0. The molecule has 40 heavy (non-hydrogen) atoms. The molecule has 0 bridgehead atoms. The van der Waals surface area contributed by atoms with Crippen molar-refractivity contribution in [2.45, 2.75) is 70.5 Å². The van der Waals surface area contributed by atoms with Gasteiger partial charge in [-0.3, -0.25) is 0 Å². The standard InChI is InChI=1S/C33H39NO6/c1-33(2,3)40-32(36)34(4)28-27(20-35)29(37-21-24-14-8-5-9-15-24)31(39-23-26-18-12-7-13-19-26)30(28)38-22-25-16-10-6-11-17-25/h5-20,27-31H,21-23H2,1-4H3/t27-,28+,29-,30-,31+/m1/s1. The highest BCUT2D eigenvalue weighted by Crippen LogP contribution is 2.38. The summed E-state index contributed by atoms with van der Waals surface area (Å²) in [5.74, 6) is -0.706. The molecule has 0 N–H and O–H groups in total. The maximum absolute atomic E-state index is 13.2. The van der Waals surface area contributed by atoms with E-state index in [4.69, 9.17) is 18.9 Å². The zero-order valence-corrected chi connectivity index (χ0v) is 23.6. The van der Waals surface area contributed by atoms with Gasteiger partial charge in [-0.05, 0) is 37.5 Å². The monoisotopic (exact) mass is 545 g/mol. The van der Waals surface area contributed by atoms with Crippen LogP contribution >= 0.6 is 0 Å². The van der Waals surface area contributed by atoms with Crippen LogP contribution in [0.4, 0.5) is 4.79 Å². The highest BCUT2D eigenvalue weighted by molar-refractivity contribution is 5.70. The number of aldehydes is 1. The van der Waals surface area contributed by atoms with Crippen molar-refractivity contribution >= 4 is 12.4 Å². The third kappa shape index (κ3) is 7.78. The van der Waals surface area contributed by atoms with Crippen LogP contribution in [0, 0.1) is 5.92 Å². The van der Waals surface area contributed by atoms with Crippen molar-refractivity contribution in [1.29, 1.82) is 0 Å². The first kappa shape index (κ1) is 29.5. The van der Waals surface area contributed by atoms with Gasteiger partial charge >= 0.3 is 6.09 Å². The van der Waals surface area contributed by atoms with Crippen LogP contribution in [0.15, 0.2) is 91.0 Å². The van der Waals surface area contributed by atoms with E-state index in [1.54, 1.807) is 7.05 Å². The van der Waals surface area contributed by atoms with E-state index in [0.29, 0.717) is 6.61 Å². The first-order valence-electron chi connectivity index (χ1n) is 13.6. The molecule has 1 aliphatic rings. The van der Waals surface area contributed by atoms with E-state index in [1.807, 2.05) is 112 Å². The quantitative estimate of drug-likeness (QED) is 0.283. The zero-order chi connectivity index (χ0) is 28.5. The number of rotatable bonds is 11. The van der Waals surface area contributed by atoms with Gasteiger partial charge in [-0.25, -0.2) is 4.79 Å². The van der Waals surface area contributed by atoms with Crippen molar-refractivity contribution in [3.05, 3.63) is 108 Å². The second-order valence-corrected chi connectivity index (χ2v) is 11.1. The average Bonchev–Trinajstić information content (AvgIpc) is 3.26. The van der Waals surface area contributed by atoms with Crippen LogP contribution in [-0.4, -0.2) is 54.3 Å². The van der Waals surface area contributed by atoms with Gasteiger partial charge < -0.3 is 28.6 Å². The third-order valence-electron chi connectivity index (χ3n) is 6.90. The van der Waals surface area contributed by atoms with Crippen LogP contribution in [-0.2, 0) is 43.6 Å². The normalized spacial score (nSPS) is 22.6. The van der Waals surface area contributed by atoms with E-state index in [1.165, 1.54) is 4.90 Å². The molecular formula is C33H39NO6.